The fourth-order valence-electron chi connectivity index (χ4n) is 2.23. The molecule has 0 aliphatic carbocycles. The van der Waals surface area contributed by atoms with E-state index in [9.17, 15) is 0 Å². The summed E-state index contributed by atoms with van der Waals surface area (Å²) in [6.45, 7) is 8.04. The van der Waals surface area contributed by atoms with E-state index in [1.807, 2.05) is 7.05 Å². The van der Waals surface area contributed by atoms with Crippen LogP contribution in [0.2, 0.25) is 0 Å². The molecule has 0 amide bonds. The Morgan fingerprint density at radius 1 is 1.17 bits per heavy atom. The zero-order valence-corrected chi connectivity index (χ0v) is 12.3. The Morgan fingerprint density at radius 2 is 1.83 bits per heavy atom. The molecule has 0 heterocycles. The van der Waals surface area contributed by atoms with Crippen molar-refractivity contribution in [2.45, 2.75) is 20.3 Å². The molecule has 0 spiro atoms. The fourth-order valence-corrected chi connectivity index (χ4v) is 2.23. The van der Waals surface area contributed by atoms with Crippen molar-refractivity contribution in [2.75, 3.05) is 33.7 Å². The number of nitrogens with zero attached hydrogens (tertiary/aromatic N) is 1. The van der Waals surface area contributed by atoms with Gasteiger partial charge in [-0.1, -0.05) is 44.2 Å². The van der Waals surface area contributed by atoms with Crippen molar-refractivity contribution in [2.24, 2.45) is 11.8 Å². The predicted octanol–water partition coefficient (Wildman–Crippen LogP) is 2.65. The second-order valence-corrected chi connectivity index (χ2v) is 5.56. The smallest absolute Gasteiger partial charge is 0.00213 e. The normalized spacial score (nSPS) is 13.2. The summed E-state index contributed by atoms with van der Waals surface area (Å²) in [5.41, 5.74) is 1.43. The van der Waals surface area contributed by atoms with Crippen molar-refractivity contribution < 1.29 is 0 Å². The van der Waals surface area contributed by atoms with E-state index in [0.717, 1.165) is 31.3 Å². The third-order valence-electron chi connectivity index (χ3n) is 3.58. The maximum atomic E-state index is 3.30. The maximum absolute atomic E-state index is 3.30. The molecule has 1 N–H and O–H groups in total. The lowest BCUT2D eigenvalue weighted by atomic mass is 9.95. The number of likely N-dealkylation sites (N-methyl/N-ethyl adjacent to an activating group) is 1. The third-order valence-corrected chi connectivity index (χ3v) is 3.58. The molecule has 2 heteroatoms. The van der Waals surface area contributed by atoms with Crippen molar-refractivity contribution in [1.82, 2.24) is 10.2 Å². The average molecular weight is 248 g/mol. The van der Waals surface area contributed by atoms with Gasteiger partial charge >= 0.3 is 0 Å². The van der Waals surface area contributed by atoms with Crippen LogP contribution in [0.1, 0.15) is 19.4 Å². The largest absolute Gasteiger partial charge is 0.319 e. The molecule has 1 aromatic carbocycles. The van der Waals surface area contributed by atoms with E-state index in [0.29, 0.717) is 0 Å². The van der Waals surface area contributed by atoms with Gasteiger partial charge in [0.2, 0.25) is 0 Å². The molecule has 0 fully saturated rings. The first-order valence-electron chi connectivity index (χ1n) is 7.00. The van der Waals surface area contributed by atoms with Gasteiger partial charge in [0.1, 0.15) is 0 Å². The molecule has 1 atom stereocenters. The standard InChI is InChI=1S/C16H28N2/c1-14(2)16(12-17-3)13-18(4)11-10-15-8-6-5-7-9-15/h5-9,14,16-17H,10-13H2,1-4H3. The van der Waals surface area contributed by atoms with E-state index in [4.69, 9.17) is 0 Å². The fraction of sp³-hybridized carbons (Fsp3) is 0.625. The number of benzene rings is 1. The molecule has 0 radical (unpaired) electrons. The average Bonchev–Trinajstić information content (AvgIpc) is 2.37. The second kappa shape index (κ2) is 8.28. The lowest BCUT2D eigenvalue weighted by Crippen LogP contribution is -2.35. The van der Waals surface area contributed by atoms with Crippen LogP contribution < -0.4 is 5.32 Å². The monoisotopic (exact) mass is 248 g/mol. The van der Waals surface area contributed by atoms with Gasteiger partial charge in [0, 0.05) is 13.1 Å². The Kier molecular flexibility index (Phi) is 6.99. The summed E-state index contributed by atoms with van der Waals surface area (Å²) >= 11 is 0. The minimum absolute atomic E-state index is 0.732. The molecule has 1 unspecified atom stereocenters. The molecule has 0 saturated heterocycles. The van der Waals surface area contributed by atoms with Crippen molar-refractivity contribution in [1.29, 1.82) is 0 Å². The number of nitrogens with one attached hydrogen (secondary N) is 1. The van der Waals surface area contributed by atoms with E-state index < -0.39 is 0 Å². The van der Waals surface area contributed by atoms with Gasteiger partial charge in [-0.3, -0.25) is 0 Å². The van der Waals surface area contributed by atoms with Crippen LogP contribution in [0.5, 0.6) is 0 Å². The van der Waals surface area contributed by atoms with Crippen LogP contribution >= 0.6 is 0 Å². The molecule has 0 aliphatic rings. The molecule has 0 aliphatic heterocycles. The van der Waals surface area contributed by atoms with Gasteiger partial charge in [-0.05, 0) is 44.5 Å². The van der Waals surface area contributed by atoms with Crippen LogP contribution in [-0.2, 0) is 6.42 Å². The molecule has 18 heavy (non-hydrogen) atoms. The first-order valence-corrected chi connectivity index (χ1v) is 7.00. The van der Waals surface area contributed by atoms with E-state index in [1.54, 1.807) is 0 Å². The number of hydrogen-bond acceptors (Lipinski definition) is 2. The van der Waals surface area contributed by atoms with Gasteiger partial charge in [-0.15, -0.1) is 0 Å². The summed E-state index contributed by atoms with van der Waals surface area (Å²) in [5, 5.41) is 3.30. The lowest BCUT2D eigenvalue weighted by molar-refractivity contribution is 0.235. The van der Waals surface area contributed by atoms with Crippen molar-refractivity contribution in [3.05, 3.63) is 35.9 Å². The summed E-state index contributed by atoms with van der Waals surface area (Å²) in [4.78, 5) is 2.45. The summed E-state index contributed by atoms with van der Waals surface area (Å²) in [5.74, 6) is 1.47. The Morgan fingerprint density at radius 3 is 2.39 bits per heavy atom. The van der Waals surface area contributed by atoms with E-state index in [2.05, 4.69) is 61.4 Å². The zero-order valence-electron chi connectivity index (χ0n) is 12.3. The summed E-state index contributed by atoms with van der Waals surface area (Å²) < 4.78 is 0. The zero-order chi connectivity index (χ0) is 13.4. The summed E-state index contributed by atoms with van der Waals surface area (Å²) in [6.07, 6.45) is 1.14. The molecule has 2 nitrogen and oxygen atoms in total. The minimum Gasteiger partial charge on any atom is -0.319 e. The SMILES string of the molecule is CNCC(CN(C)CCc1ccccc1)C(C)C. The second-order valence-electron chi connectivity index (χ2n) is 5.56. The molecular weight excluding hydrogens is 220 g/mol. The Bertz CT molecular complexity index is 308. The van der Waals surface area contributed by atoms with Gasteiger partial charge in [-0.2, -0.15) is 0 Å². The van der Waals surface area contributed by atoms with Crippen molar-refractivity contribution >= 4 is 0 Å². The van der Waals surface area contributed by atoms with E-state index >= 15 is 0 Å². The van der Waals surface area contributed by atoms with E-state index in [-0.39, 0.29) is 0 Å². The predicted molar refractivity (Wildman–Crippen MR) is 79.9 cm³/mol. The van der Waals surface area contributed by atoms with Crippen LogP contribution in [0.15, 0.2) is 30.3 Å². The Balaban J connectivity index is 2.34. The number of hydrogen-bond donors (Lipinski definition) is 1. The van der Waals surface area contributed by atoms with Crippen LogP contribution in [0, 0.1) is 11.8 Å². The summed E-state index contributed by atoms with van der Waals surface area (Å²) in [7, 11) is 4.27. The molecule has 0 bridgehead atoms. The topological polar surface area (TPSA) is 15.3 Å². The lowest BCUT2D eigenvalue weighted by Gasteiger charge is -2.26. The highest BCUT2D eigenvalue weighted by Crippen LogP contribution is 2.11. The van der Waals surface area contributed by atoms with Gasteiger partial charge in [-0.25, -0.2) is 0 Å². The van der Waals surface area contributed by atoms with Crippen LogP contribution in [-0.4, -0.2) is 38.6 Å². The van der Waals surface area contributed by atoms with Gasteiger partial charge in [0.05, 0.1) is 0 Å². The molecule has 1 rings (SSSR count). The van der Waals surface area contributed by atoms with Crippen LogP contribution in [0.3, 0.4) is 0 Å². The molecular formula is C16H28N2. The molecule has 0 aromatic heterocycles. The first kappa shape index (κ1) is 15.2. The Hall–Kier alpha value is -0.860. The van der Waals surface area contributed by atoms with Crippen molar-refractivity contribution in [3.63, 3.8) is 0 Å². The molecule has 0 saturated carbocycles. The minimum atomic E-state index is 0.732. The summed E-state index contributed by atoms with van der Waals surface area (Å²) in [6, 6.07) is 10.7. The molecule has 1 aromatic rings. The van der Waals surface area contributed by atoms with Crippen molar-refractivity contribution in [3.8, 4) is 0 Å². The van der Waals surface area contributed by atoms with Gasteiger partial charge < -0.3 is 10.2 Å². The van der Waals surface area contributed by atoms with Gasteiger partial charge in [0.25, 0.3) is 0 Å². The highest BCUT2D eigenvalue weighted by molar-refractivity contribution is 5.14. The van der Waals surface area contributed by atoms with E-state index in [1.165, 1.54) is 12.1 Å². The first-order chi connectivity index (χ1) is 8.63. The molecule has 102 valence electrons. The van der Waals surface area contributed by atoms with Crippen LogP contribution in [0.4, 0.5) is 0 Å². The quantitative estimate of drug-likeness (QED) is 0.761. The third kappa shape index (κ3) is 5.65. The van der Waals surface area contributed by atoms with Gasteiger partial charge in [0.15, 0.2) is 0 Å². The highest BCUT2D eigenvalue weighted by atomic mass is 15.1. The number of rotatable bonds is 8. The highest BCUT2D eigenvalue weighted by Gasteiger charge is 2.14. The van der Waals surface area contributed by atoms with Crippen LogP contribution in [0.25, 0.3) is 0 Å². The Labute approximate surface area is 112 Å². The maximum Gasteiger partial charge on any atom is 0.00213 e.